The van der Waals surface area contributed by atoms with Crippen LogP contribution in [0.2, 0.25) is 0 Å². The molecule has 0 amide bonds. The Morgan fingerprint density at radius 1 is 1.37 bits per heavy atom. The average Bonchev–Trinajstić information content (AvgIpc) is 2.37. The molecule has 106 valence electrons. The molecule has 0 spiro atoms. The number of carbonyl (C=O) groups excluding carboxylic acids is 1. The van der Waals surface area contributed by atoms with Gasteiger partial charge in [-0.25, -0.2) is 13.2 Å². The van der Waals surface area contributed by atoms with Gasteiger partial charge in [0.2, 0.25) is 0 Å². The van der Waals surface area contributed by atoms with Crippen molar-refractivity contribution < 1.29 is 22.7 Å². The van der Waals surface area contributed by atoms with Crippen molar-refractivity contribution in [2.45, 2.75) is 6.92 Å². The Labute approximate surface area is 112 Å². The number of sulfone groups is 1. The summed E-state index contributed by atoms with van der Waals surface area (Å²) in [6.45, 7) is 1.34. The summed E-state index contributed by atoms with van der Waals surface area (Å²) in [7, 11) is -1.75. The van der Waals surface area contributed by atoms with Gasteiger partial charge in [0.05, 0.1) is 12.9 Å². The van der Waals surface area contributed by atoms with Crippen LogP contribution in [0.5, 0.6) is 5.75 Å². The fraction of sp³-hybridized carbons (Fsp3) is 0.417. The molecule has 6 nitrogen and oxygen atoms in total. The standard InChI is InChI=1S/C12H17NO5S/c1-3-19(15,16)8-7-18-12(14)11-9(13)5-4-6-10(11)17-2/h4-6H,3,7-8,13H2,1-2H3. The molecule has 7 heteroatoms. The predicted molar refractivity (Wildman–Crippen MR) is 72.0 cm³/mol. The van der Waals surface area contributed by atoms with E-state index in [1.165, 1.54) is 14.0 Å². The number of rotatable bonds is 6. The van der Waals surface area contributed by atoms with Crippen LogP contribution in [0.3, 0.4) is 0 Å². The maximum atomic E-state index is 11.8. The largest absolute Gasteiger partial charge is 0.496 e. The number of anilines is 1. The van der Waals surface area contributed by atoms with Gasteiger partial charge in [0.1, 0.15) is 17.9 Å². The summed E-state index contributed by atoms with van der Waals surface area (Å²) in [4.78, 5) is 11.8. The summed E-state index contributed by atoms with van der Waals surface area (Å²) < 4.78 is 32.5. The molecule has 1 aromatic carbocycles. The van der Waals surface area contributed by atoms with Gasteiger partial charge in [-0.15, -0.1) is 0 Å². The highest BCUT2D eigenvalue weighted by atomic mass is 32.2. The molecule has 0 saturated heterocycles. The van der Waals surface area contributed by atoms with Crippen LogP contribution >= 0.6 is 0 Å². The Bertz CT molecular complexity index is 553. The normalized spacial score (nSPS) is 11.1. The molecule has 1 rings (SSSR count). The third kappa shape index (κ3) is 4.13. The topological polar surface area (TPSA) is 95.7 Å². The lowest BCUT2D eigenvalue weighted by atomic mass is 10.1. The first-order chi connectivity index (χ1) is 8.91. The summed E-state index contributed by atoms with van der Waals surface area (Å²) in [6, 6.07) is 4.77. The molecule has 0 heterocycles. The summed E-state index contributed by atoms with van der Waals surface area (Å²) >= 11 is 0. The zero-order chi connectivity index (χ0) is 14.5. The molecule has 0 unspecified atom stereocenters. The number of nitrogens with two attached hydrogens (primary N) is 1. The summed E-state index contributed by atoms with van der Waals surface area (Å²) in [6.07, 6.45) is 0. The van der Waals surface area contributed by atoms with Crippen molar-refractivity contribution in [1.29, 1.82) is 0 Å². The molecular weight excluding hydrogens is 270 g/mol. The molecule has 0 radical (unpaired) electrons. The third-order valence-electron chi connectivity index (χ3n) is 2.55. The second kappa shape index (κ2) is 6.42. The van der Waals surface area contributed by atoms with E-state index in [4.69, 9.17) is 15.2 Å². The van der Waals surface area contributed by atoms with E-state index >= 15 is 0 Å². The lowest BCUT2D eigenvalue weighted by molar-refractivity contribution is 0.0527. The molecule has 1 aromatic rings. The predicted octanol–water partition coefficient (Wildman–Crippen LogP) is 0.869. The van der Waals surface area contributed by atoms with Gasteiger partial charge in [-0.1, -0.05) is 13.0 Å². The molecule has 0 fully saturated rings. The second-order valence-corrected chi connectivity index (χ2v) is 6.27. The zero-order valence-electron chi connectivity index (χ0n) is 10.9. The van der Waals surface area contributed by atoms with Crippen molar-refractivity contribution in [3.8, 4) is 5.75 Å². The van der Waals surface area contributed by atoms with Gasteiger partial charge in [-0.3, -0.25) is 0 Å². The van der Waals surface area contributed by atoms with E-state index in [0.717, 1.165) is 0 Å². The lowest BCUT2D eigenvalue weighted by Crippen LogP contribution is -2.18. The van der Waals surface area contributed by atoms with Crippen LogP contribution in [-0.2, 0) is 14.6 Å². The number of carbonyl (C=O) groups is 1. The molecule has 0 saturated carbocycles. The molecule has 0 aromatic heterocycles. The minimum Gasteiger partial charge on any atom is -0.496 e. The highest BCUT2D eigenvalue weighted by Crippen LogP contribution is 2.24. The average molecular weight is 287 g/mol. The molecule has 19 heavy (non-hydrogen) atoms. The first-order valence-corrected chi connectivity index (χ1v) is 7.53. The minimum atomic E-state index is -3.16. The summed E-state index contributed by atoms with van der Waals surface area (Å²) in [5, 5.41) is 0. The molecule has 2 N–H and O–H groups in total. The van der Waals surface area contributed by atoms with Crippen molar-refractivity contribution in [1.82, 2.24) is 0 Å². The van der Waals surface area contributed by atoms with Crippen molar-refractivity contribution in [3.05, 3.63) is 23.8 Å². The number of hydrogen-bond acceptors (Lipinski definition) is 6. The third-order valence-corrected chi connectivity index (χ3v) is 4.22. The maximum Gasteiger partial charge on any atom is 0.344 e. The van der Waals surface area contributed by atoms with Crippen LogP contribution < -0.4 is 10.5 Å². The van der Waals surface area contributed by atoms with Gasteiger partial charge in [-0.05, 0) is 12.1 Å². The first-order valence-electron chi connectivity index (χ1n) is 5.71. The fourth-order valence-electron chi connectivity index (χ4n) is 1.41. The second-order valence-electron chi connectivity index (χ2n) is 3.80. The van der Waals surface area contributed by atoms with Gasteiger partial charge in [0.15, 0.2) is 9.84 Å². The van der Waals surface area contributed by atoms with E-state index in [1.807, 2.05) is 0 Å². The zero-order valence-corrected chi connectivity index (χ0v) is 11.7. The van der Waals surface area contributed by atoms with Crippen LogP contribution in [0.15, 0.2) is 18.2 Å². The van der Waals surface area contributed by atoms with Gasteiger partial charge in [-0.2, -0.15) is 0 Å². The molecule has 0 atom stereocenters. The van der Waals surface area contributed by atoms with Crippen LogP contribution in [0.1, 0.15) is 17.3 Å². The van der Waals surface area contributed by atoms with E-state index < -0.39 is 15.8 Å². The molecular formula is C12H17NO5S. The quantitative estimate of drug-likeness (QED) is 0.616. The Morgan fingerprint density at radius 2 is 2.05 bits per heavy atom. The maximum absolute atomic E-state index is 11.8. The van der Waals surface area contributed by atoms with Gasteiger partial charge in [0.25, 0.3) is 0 Å². The van der Waals surface area contributed by atoms with Crippen LogP contribution in [0, 0.1) is 0 Å². The molecule has 0 aliphatic heterocycles. The molecule has 0 aliphatic rings. The van der Waals surface area contributed by atoms with Crippen molar-refractivity contribution >= 4 is 21.5 Å². The Balaban J connectivity index is 2.74. The smallest absolute Gasteiger partial charge is 0.344 e. The number of benzene rings is 1. The lowest BCUT2D eigenvalue weighted by Gasteiger charge is -2.10. The van der Waals surface area contributed by atoms with Gasteiger partial charge >= 0.3 is 5.97 Å². The number of nitrogen functional groups attached to an aromatic ring is 1. The number of hydrogen-bond donors (Lipinski definition) is 1. The van der Waals surface area contributed by atoms with E-state index in [0.29, 0.717) is 5.75 Å². The molecule has 0 bridgehead atoms. The monoisotopic (exact) mass is 287 g/mol. The van der Waals surface area contributed by atoms with Crippen molar-refractivity contribution in [2.75, 3.05) is 31.0 Å². The number of methoxy groups -OCH3 is 1. The van der Waals surface area contributed by atoms with Crippen molar-refractivity contribution in [2.24, 2.45) is 0 Å². The Hall–Kier alpha value is -1.76. The Morgan fingerprint density at radius 3 is 2.63 bits per heavy atom. The minimum absolute atomic E-state index is 0.0152. The summed E-state index contributed by atoms with van der Waals surface area (Å²) in [5.41, 5.74) is 6.02. The Kier molecular flexibility index (Phi) is 5.17. The van der Waals surface area contributed by atoms with E-state index in [9.17, 15) is 13.2 Å². The van der Waals surface area contributed by atoms with Crippen LogP contribution in [-0.4, -0.2) is 39.6 Å². The summed E-state index contributed by atoms with van der Waals surface area (Å²) in [5.74, 6) is -0.587. The van der Waals surface area contributed by atoms with Gasteiger partial charge < -0.3 is 15.2 Å². The van der Waals surface area contributed by atoms with Crippen LogP contribution in [0.25, 0.3) is 0 Å². The van der Waals surface area contributed by atoms with E-state index in [1.54, 1.807) is 18.2 Å². The van der Waals surface area contributed by atoms with E-state index in [2.05, 4.69) is 0 Å². The SMILES string of the molecule is CCS(=O)(=O)CCOC(=O)c1c(N)cccc1OC. The number of ether oxygens (including phenoxy) is 2. The van der Waals surface area contributed by atoms with Crippen molar-refractivity contribution in [3.63, 3.8) is 0 Å². The van der Waals surface area contributed by atoms with Gasteiger partial charge in [0, 0.05) is 11.4 Å². The van der Waals surface area contributed by atoms with Crippen LogP contribution in [0.4, 0.5) is 5.69 Å². The number of esters is 1. The fourth-order valence-corrected chi connectivity index (χ4v) is 2.04. The first kappa shape index (κ1) is 15.3. The molecule has 0 aliphatic carbocycles. The highest BCUT2D eigenvalue weighted by molar-refractivity contribution is 7.91. The van der Waals surface area contributed by atoms with E-state index in [-0.39, 0.29) is 29.4 Å². The highest BCUT2D eigenvalue weighted by Gasteiger charge is 2.18.